The topological polar surface area (TPSA) is 75.5 Å². The molecule has 0 fully saturated rings. The van der Waals surface area contributed by atoms with Crippen LogP contribution in [-0.2, 0) is 21.2 Å². The summed E-state index contributed by atoms with van der Waals surface area (Å²) >= 11 is 0. The van der Waals surface area contributed by atoms with E-state index in [1.807, 2.05) is 12.1 Å². The van der Waals surface area contributed by atoms with Gasteiger partial charge in [-0.2, -0.15) is 0 Å². The van der Waals surface area contributed by atoms with Crippen LogP contribution in [0.5, 0.6) is 0 Å². The summed E-state index contributed by atoms with van der Waals surface area (Å²) in [5.41, 5.74) is 4.17. The van der Waals surface area contributed by atoms with Crippen LogP contribution >= 0.6 is 0 Å². The molecule has 0 bridgehead atoms. The van der Waals surface area contributed by atoms with Crippen LogP contribution in [0.25, 0.3) is 16.6 Å². The fraction of sp³-hybridized carbons (Fsp3) is 0.304. The molecule has 2 aliphatic heterocycles. The number of likely N-dealkylation sites (N-methyl/N-ethyl adjacent to an activating group) is 1. The van der Waals surface area contributed by atoms with E-state index in [-0.39, 0.29) is 10.8 Å². The lowest BCUT2D eigenvalue weighted by molar-refractivity contribution is -0.116. The van der Waals surface area contributed by atoms with Gasteiger partial charge in [-0.3, -0.25) is 4.79 Å². The summed E-state index contributed by atoms with van der Waals surface area (Å²) in [6.07, 6.45) is 7.00. The molecule has 0 radical (unpaired) electrons. The highest BCUT2D eigenvalue weighted by Gasteiger charge is 2.28. The van der Waals surface area contributed by atoms with Crippen LogP contribution in [0, 0.1) is 0 Å². The minimum atomic E-state index is -3.84. The Labute approximate surface area is 181 Å². The van der Waals surface area contributed by atoms with E-state index in [1.54, 1.807) is 35.5 Å². The number of pyridine rings is 1. The smallest absolute Gasteiger partial charge is 0.269 e. The van der Waals surface area contributed by atoms with Gasteiger partial charge in [0.2, 0.25) is 5.91 Å². The van der Waals surface area contributed by atoms with Crippen LogP contribution in [0.1, 0.15) is 24.5 Å². The van der Waals surface area contributed by atoms with Gasteiger partial charge in [0.15, 0.2) is 5.65 Å². The second-order valence-corrected chi connectivity index (χ2v) is 9.99. The Kier molecular flexibility index (Phi) is 4.71. The van der Waals surface area contributed by atoms with Crippen LogP contribution in [-0.4, -0.2) is 54.9 Å². The summed E-state index contributed by atoms with van der Waals surface area (Å²) < 4.78 is 28.6. The zero-order valence-corrected chi connectivity index (χ0v) is 18.4. The number of hydrogen-bond acceptors (Lipinski definition) is 5. The van der Waals surface area contributed by atoms with Gasteiger partial charge < -0.3 is 9.80 Å². The third-order valence-electron chi connectivity index (χ3n) is 6.17. The van der Waals surface area contributed by atoms with E-state index in [4.69, 9.17) is 0 Å². The molecule has 4 heterocycles. The monoisotopic (exact) mass is 436 g/mol. The third-order valence-corrected chi connectivity index (χ3v) is 7.82. The molecule has 0 saturated carbocycles. The number of nitrogens with zero attached hydrogens (tertiary/aromatic N) is 4. The highest BCUT2D eigenvalue weighted by Crippen LogP contribution is 2.34. The lowest BCUT2D eigenvalue weighted by atomic mass is 10.00. The Morgan fingerprint density at radius 3 is 2.71 bits per heavy atom. The Bertz CT molecular complexity index is 1340. The van der Waals surface area contributed by atoms with Crippen molar-refractivity contribution in [2.24, 2.45) is 0 Å². The molecule has 0 N–H and O–H groups in total. The summed E-state index contributed by atoms with van der Waals surface area (Å²) in [5, 5.41) is 0.839. The standard InChI is InChI=1S/C23H24N4O3S/c1-16(28)26-13-9-18-14-19(5-6-22(18)26)31(29,30)27-15-21(17-7-11-25(2)12-8-17)20-4-3-10-24-23(20)27/h3-7,10,14-15H,8-9,11-13H2,1-2H3. The Hall–Kier alpha value is -2.97. The molecule has 0 atom stereocenters. The fourth-order valence-electron chi connectivity index (χ4n) is 4.46. The van der Waals surface area contributed by atoms with E-state index >= 15 is 0 Å². The van der Waals surface area contributed by atoms with Gasteiger partial charge >= 0.3 is 0 Å². The molecule has 31 heavy (non-hydrogen) atoms. The average molecular weight is 437 g/mol. The SMILES string of the molecule is CC(=O)N1CCc2cc(S(=O)(=O)n3cc(C4=CCN(C)CC4)c4cccnc43)ccc21. The molecule has 7 nitrogen and oxygen atoms in total. The number of hydrogen-bond donors (Lipinski definition) is 0. The van der Waals surface area contributed by atoms with E-state index in [9.17, 15) is 13.2 Å². The van der Waals surface area contributed by atoms with Gasteiger partial charge in [0.1, 0.15) is 0 Å². The van der Waals surface area contributed by atoms with Crippen LogP contribution in [0.3, 0.4) is 0 Å². The van der Waals surface area contributed by atoms with E-state index < -0.39 is 10.0 Å². The summed E-state index contributed by atoms with van der Waals surface area (Å²) in [6.45, 7) is 3.88. The maximum Gasteiger partial charge on any atom is 0.269 e. The fourth-order valence-corrected chi connectivity index (χ4v) is 5.84. The third kappa shape index (κ3) is 3.26. The molecule has 0 aliphatic carbocycles. The number of anilines is 1. The van der Waals surface area contributed by atoms with Gasteiger partial charge in [-0.1, -0.05) is 6.08 Å². The van der Waals surface area contributed by atoms with Crippen LogP contribution < -0.4 is 4.90 Å². The molecule has 0 unspecified atom stereocenters. The molecule has 0 spiro atoms. The van der Waals surface area contributed by atoms with Crippen LogP contribution in [0.4, 0.5) is 5.69 Å². The van der Waals surface area contributed by atoms with Crippen molar-refractivity contribution in [1.82, 2.24) is 13.9 Å². The first-order valence-corrected chi connectivity index (χ1v) is 11.8. The summed E-state index contributed by atoms with van der Waals surface area (Å²) in [5.74, 6) is -0.0361. The van der Waals surface area contributed by atoms with Crippen LogP contribution in [0.15, 0.2) is 53.7 Å². The summed E-state index contributed by atoms with van der Waals surface area (Å²) in [6, 6.07) is 8.77. The van der Waals surface area contributed by atoms with Crippen molar-refractivity contribution in [3.63, 3.8) is 0 Å². The average Bonchev–Trinajstić information content (AvgIpc) is 3.36. The molecule has 1 amide bonds. The molecule has 5 rings (SSSR count). The second kappa shape index (κ2) is 7.32. The van der Waals surface area contributed by atoms with Crippen molar-refractivity contribution in [3.05, 3.63) is 59.9 Å². The lowest BCUT2D eigenvalue weighted by Gasteiger charge is -2.21. The highest BCUT2D eigenvalue weighted by atomic mass is 32.2. The molecule has 160 valence electrons. The number of rotatable bonds is 3. The first kappa shape index (κ1) is 20.0. The predicted octanol–water partition coefficient (Wildman–Crippen LogP) is 2.90. The quantitative estimate of drug-likeness (QED) is 0.631. The molecule has 3 aromatic rings. The van der Waals surface area contributed by atoms with Gasteiger partial charge in [-0.05, 0) is 61.4 Å². The van der Waals surface area contributed by atoms with Crippen molar-refractivity contribution in [1.29, 1.82) is 0 Å². The maximum absolute atomic E-state index is 13.6. The zero-order valence-electron chi connectivity index (χ0n) is 17.6. The number of benzene rings is 1. The normalized spacial score (nSPS) is 17.1. The molecular formula is C23H24N4O3S. The molecule has 2 aliphatic rings. The van der Waals surface area contributed by atoms with E-state index in [2.05, 4.69) is 23.0 Å². The molecular weight excluding hydrogens is 412 g/mol. The molecule has 2 aromatic heterocycles. The second-order valence-electron chi connectivity index (χ2n) is 8.17. The summed E-state index contributed by atoms with van der Waals surface area (Å²) in [4.78, 5) is 20.3. The van der Waals surface area contributed by atoms with Crippen molar-refractivity contribution >= 4 is 38.2 Å². The summed E-state index contributed by atoms with van der Waals surface area (Å²) in [7, 11) is -1.77. The Morgan fingerprint density at radius 2 is 1.97 bits per heavy atom. The lowest BCUT2D eigenvalue weighted by Crippen LogP contribution is -2.25. The Balaban J connectivity index is 1.62. The number of aromatic nitrogens is 2. The number of fused-ring (bicyclic) bond motifs is 2. The van der Waals surface area contributed by atoms with Gasteiger partial charge in [0.25, 0.3) is 10.0 Å². The minimum absolute atomic E-state index is 0.0361. The van der Waals surface area contributed by atoms with Gasteiger partial charge in [0, 0.05) is 55.6 Å². The van der Waals surface area contributed by atoms with E-state index in [0.717, 1.165) is 47.3 Å². The van der Waals surface area contributed by atoms with Crippen molar-refractivity contribution in [3.8, 4) is 0 Å². The van der Waals surface area contributed by atoms with Gasteiger partial charge in [-0.25, -0.2) is 17.4 Å². The number of carbonyl (C=O) groups is 1. The molecule has 0 saturated heterocycles. The zero-order chi connectivity index (χ0) is 21.8. The van der Waals surface area contributed by atoms with Crippen molar-refractivity contribution < 1.29 is 13.2 Å². The maximum atomic E-state index is 13.6. The Morgan fingerprint density at radius 1 is 1.13 bits per heavy atom. The predicted molar refractivity (Wildman–Crippen MR) is 121 cm³/mol. The van der Waals surface area contributed by atoms with Crippen molar-refractivity contribution in [2.45, 2.75) is 24.7 Å². The van der Waals surface area contributed by atoms with Crippen LogP contribution in [0.2, 0.25) is 0 Å². The van der Waals surface area contributed by atoms with Crippen molar-refractivity contribution in [2.75, 3.05) is 31.6 Å². The van der Waals surface area contributed by atoms with Gasteiger partial charge in [0.05, 0.1) is 4.90 Å². The van der Waals surface area contributed by atoms with E-state index in [1.165, 1.54) is 10.9 Å². The molecule has 8 heteroatoms. The van der Waals surface area contributed by atoms with Gasteiger partial charge in [-0.15, -0.1) is 0 Å². The molecule has 1 aromatic carbocycles. The largest absolute Gasteiger partial charge is 0.312 e. The first-order chi connectivity index (χ1) is 14.9. The minimum Gasteiger partial charge on any atom is -0.312 e. The highest BCUT2D eigenvalue weighted by molar-refractivity contribution is 7.90. The first-order valence-electron chi connectivity index (χ1n) is 10.4. The van der Waals surface area contributed by atoms with E-state index in [0.29, 0.717) is 18.6 Å². The number of amides is 1. The number of carbonyl (C=O) groups excluding carboxylic acids is 1.